The number of aliphatic hydroxyl groups is 5. The average molecular weight is 742 g/mol. The molecule has 1 saturated heterocycles. The van der Waals surface area contributed by atoms with Crippen molar-refractivity contribution in [2.45, 2.75) is 243 Å². The van der Waals surface area contributed by atoms with Crippen LogP contribution in [0.2, 0.25) is 0 Å². The Hall–Kier alpha value is -1.07. The van der Waals surface area contributed by atoms with Crippen molar-refractivity contribution in [3.8, 4) is 0 Å². The Morgan fingerprint density at radius 1 is 0.635 bits per heavy atom. The molecular weight excluding hydrogens is 658 g/mol. The van der Waals surface area contributed by atoms with Gasteiger partial charge in [0.2, 0.25) is 5.91 Å². The van der Waals surface area contributed by atoms with E-state index in [1.165, 1.54) is 141 Å². The maximum absolute atomic E-state index is 12.9. The lowest BCUT2D eigenvalue weighted by atomic mass is 9.99. The number of hydrogen-bond acceptors (Lipinski definition) is 8. The highest BCUT2D eigenvalue weighted by molar-refractivity contribution is 5.76. The number of nitrogens with one attached hydrogen (secondary N) is 1. The van der Waals surface area contributed by atoms with Gasteiger partial charge in [-0.1, -0.05) is 187 Å². The van der Waals surface area contributed by atoms with Crippen LogP contribution in [0.3, 0.4) is 0 Å². The van der Waals surface area contributed by atoms with Crippen LogP contribution in [0, 0.1) is 0 Å². The minimum absolute atomic E-state index is 0.176. The number of rotatable bonds is 36. The third-order valence-corrected chi connectivity index (χ3v) is 10.6. The average Bonchev–Trinajstić information content (AvgIpc) is 3.14. The van der Waals surface area contributed by atoms with Gasteiger partial charge in [-0.25, -0.2) is 0 Å². The molecular formula is C43H83NO8. The van der Waals surface area contributed by atoms with E-state index in [1.807, 2.05) is 6.08 Å². The van der Waals surface area contributed by atoms with Crippen LogP contribution in [0.4, 0.5) is 0 Å². The first-order valence-electron chi connectivity index (χ1n) is 21.9. The molecule has 0 saturated carbocycles. The van der Waals surface area contributed by atoms with Crippen molar-refractivity contribution >= 4 is 5.91 Å². The largest absolute Gasteiger partial charge is 0.394 e. The monoisotopic (exact) mass is 742 g/mol. The first-order chi connectivity index (χ1) is 25.3. The molecule has 0 aromatic carbocycles. The van der Waals surface area contributed by atoms with Crippen molar-refractivity contribution in [1.82, 2.24) is 5.32 Å². The van der Waals surface area contributed by atoms with Gasteiger partial charge in [0.25, 0.3) is 0 Å². The standard InChI is InChI=1S/C43H83NO8/c1-3-5-7-9-11-13-15-16-17-18-19-20-21-23-25-27-29-31-33-39(47)44-36(35-51-43-42(50)41(49)40(48)38(34-45)52-43)37(46)32-30-28-26-24-22-14-12-10-8-6-4-2/h30,32,36-38,40-43,45-46,48-50H,3-29,31,33-35H2,1-2H3,(H,44,47). The van der Waals surface area contributed by atoms with E-state index in [4.69, 9.17) is 9.47 Å². The van der Waals surface area contributed by atoms with Crippen LogP contribution in [0.25, 0.3) is 0 Å². The van der Waals surface area contributed by atoms with Crippen molar-refractivity contribution in [1.29, 1.82) is 0 Å². The van der Waals surface area contributed by atoms with Gasteiger partial charge in [-0.15, -0.1) is 0 Å². The number of carbonyl (C=O) groups excluding carboxylic acids is 1. The Balaban J connectivity index is 2.34. The molecule has 52 heavy (non-hydrogen) atoms. The lowest BCUT2D eigenvalue weighted by molar-refractivity contribution is -0.302. The molecule has 308 valence electrons. The molecule has 7 atom stereocenters. The third-order valence-electron chi connectivity index (χ3n) is 10.6. The maximum Gasteiger partial charge on any atom is 0.220 e. The fraction of sp³-hybridized carbons (Fsp3) is 0.930. The predicted octanol–water partition coefficient (Wildman–Crippen LogP) is 8.56. The van der Waals surface area contributed by atoms with Crippen molar-refractivity contribution in [2.75, 3.05) is 13.2 Å². The summed E-state index contributed by atoms with van der Waals surface area (Å²) < 4.78 is 11.2. The van der Waals surface area contributed by atoms with Gasteiger partial charge in [-0.05, 0) is 19.3 Å². The van der Waals surface area contributed by atoms with Crippen molar-refractivity contribution in [3.05, 3.63) is 12.2 Å². The van der Waals surface area contributed by atoms with E-state index < -0.39 is 49.5 Å². The minimum atomic E-state index is -1.56. The molecule has 1 heterocycles. The number of ether oxygens (including phenoxy) is 2. The summed E-state index contributed by atoms with van der Waals surface area (Å²) in [6.07, 6.45) is 31.1. The Kier molecular flexibility index (Phi) is 32.4. The number of carbonyl (C=O) groups is 1. The van der Waals surface area contributed by atoms with Gasteiger partial charge in [0.15, 0.2) is 6.29 Å². The molecule has 1 amide bonds. The molecule has 7 unspecified atom stereocenters. The molecule has 9 heteroatoms. The highest BCUT2D eigenvalue weighted by Crippen LogP contribution is 2.22. The summed E-state index contributed by atoms with van der Waals surface area (Å²) >= 11 is 0. The molecule has 0 aromatic rings. The molecule has 0 bridgehead atoms. The summed E-state index contributed by atoms with van der Waals surface area (Å²) in [5.74, 6) is -0.176. The molecule has 1 rings (SSSR count). The molecule has 1 fully saturated rings. The van der Waals surface area contributed by atoms with E-state index in [9.17, 15) is 30.3 Å². The van der Waals surface area contributed by atoms with E-state index in [0.717, 1.165) is 38.5 Å². The van der Waals surface area contributed by atoms with E-state index in [2.05, 4.69) is 19.2 Å². The molecule has 0 spiro atoms. The van der Waals surface area contributed by atoms with E-state index in [1.54, 1.807) is 6.08 Å². The number of aliphatic hydroxyl groups excluding tert-OH is 5. The van der Waals surface area contributed by atoms with Crippen LogP contribution in [0.15, 0.2) is 12.2 Å². The number of allylic oxidation sites excluding steroid dienone is 1. The first-order valence-corrected chi connectivity index (χ1v) is 21.9. The summed E-state index contributed by atoms with van der Waals surface area (Å²) in [7, 11) is 0. The van der Waals surface area contributed by atoms with Crippen LogP contribution in [0.5, 0.6) is 0 Å². The molecule has 9 nitrogen and oxygen atoms in total. The van der Waals surface area contributed by atoms with Gasteiger partial charge in [0, 0.05) is 6.42 Å². The Morgan fingerprint density at radius 2 is 1.06 bits per heavy atom. The molecule has 1 aliphatic rings. The van der Waals surface area contributed by atoms with Crippen LogP contribution >= 0.6 is 0 Å². The molecule has 0 aliphatic carbocycles. The molecule has 1 aliphatic heterocycles. The molecule has 6 N–H and O–H groups in total. The second-order valence-electron chi connectivity index (χ2n) is 15.5. The van der Waals surface area contributed by atoms with Crippen molar-refractivity contribution in [2.24, 2.45) is 0 Å². The van der Waals surface area contributed by atoms with Crippen LogP contribution < -0.4 is 5.32 Å². The van der Waals surface area contributed by atoms with Gasteiger partial charge in [0.05, 0.1) is 25.4 Å². The highest BCUT2D eigenvalue weighted by atomic mass is 16.7. The lowest BCUT2D eigenvalue weighted by Gasteiger charge is -2.40. The number of hydrogen-bond donors (Lipinski definition) is 6. The summed E-state index contributed by atoms with van der Waals surface area (Å²) in [6, 6.07) is -0.796. The van der Waals surface area contributed by atoms with Gasteiger partial charge in [0.1, 0.15) is 24.4 Å². The summed E-state index contributed by atoms with van der Waals surface area (Å²) in [5.41, 5.74) is 0. The second kappa shape index (κ2) is 34.4. The van der Waals surface area contributed by atoms with Gasteiger partial charge >= 0.3 is 0 Å². The van der Waals surface area contributed by atoms with Crippen LogP contribution in [-0.2, 0) is 14.3 Å². The number of unbranched alkanes of at least 4 members (excludes halogenated alkanes) is 26. The lowest BCUT2D eigenvalue weighted by Crippen LogP contribution is -2.60. The topological polar surface area (TPSA) is 149 Å². The van der Waals surface area contributed by atoms with Gasteiger partial charge in [-0.3, -0.25) is 4.79 Å². The van der Waals surface area contributed by atoms with E-state index >= 15 is 0 Å². The second-order valence-corrected chi connectivity index (χ2v) is 15.5. The van der Waals surface area contributed by atoms with Crippen LogP contribution in [-0.4, -0.2) is 87.5 Å². The van der Waals surface area contributed by atoms with Gasteiger partial charge in [-0.2, -0.15) is 0 Å². The number of amides is 1. The van der Waals surface area contributed by atoms with Crippen molar-refractivity contribution in [3.63, 3.8) is 0 Å². The maximum atomic E-state index is 12.9. The quantitative estimate of drug-likeness (QED) is 0.0277. The third kappa shape index (κ3) is 25.1. The highest BCUT2D eigenvalue weighted by Gasteiger charge is 2.44. The van der Waals surface area contributed by atoms with Crippen LogP contribution in [0.1, 0.15) is 200 Å². The summed E-state index contributed by atoms with van der Waals surface area (Å²) in [5, 5.41) is 54.0. The van der Waals surface area contributed by atoms with E-state index in [-0.39, 0.29) is 12.5 Å². The zero-order valence-electron chi connectivity index (χ0n) is 33.6. The normalized spacial score (nSPS) is 21.9. The predicted molar refractivity (Wildman–Crippen MR) is 212 cm³/mol. The zero-order valence-corrected chi connectivity index (χ0v) is 33.6. The summed E-state index contributed by atoms with van der Waals surface area (Å²) in [6.45, 7) is 3.76. The van der Waals surface area contributed by atoms with Crippen molar-refractivity contribution < 1.29 is 39.8 Å². The Bertz CT molecular complexity index is 827. The Morgan fingerprint density at radius 3 is 1.50 bits per heavy atom. The Labute approximate surface area is 318 Å². The fourth-order valence-electron chi connectivity index (χ4n) is 7.04. The minimum Gasteiger partial charge on any atom is -0.394 e. The fourth-order valence-corrected chi connectivity index (χ4v) is 7.04. The van der Waals surface area contributed by atoms with E-state index in [0.29, 0.717) is 6.42 Å². The first kappa shape index (κ1) is 48.9. The zero-order chi connectivity index (χ0) is 38.1. The molecule has 0 aromatic heterocycles. The molecule has 0 radical (unpaired) electrons. The SMILES string of the molecule is CCCCCCCCCCCC=CC(O)C(COC1OC(CO)C(O)C(O)C1O)NC(=O)CCCCCCCCCCCCCCCCCCCC. The smallest absolute Gasteiger partial charge is 0.220 e. The summed E-state index contributed by atoms with van der Waals surface area (Å²) in [4.78, 5) is 12.9. The van der Waals surface area contributed by atoms with Gasteiger partial charge < -0.3 is 40.3 Å².